The summed E-state index contributed by atoms with van der Waals surface area (Å²) in [4.78, 5) is 23.9. The number of benzene rings is 1. The van der Waals surface area contributed by atoms with Crippen molar-refractivity contribution in [3.63, 3.8) is 0 Å². The van der Waals surface area contributed by atoms with E-state index in [2.05, 4.69) is 44.8 Å². The summed E-state index contributed by atoms with van der Waals surface area (Å²) in [5.41, 5.74) is 2.54. The van der Waals surface area contributed by atoms with Gasteiger partial charge in [0.25, 0.3) is 0 Å². The minimum absolute atomic E-state index is 0.104. The molecule has 2 atom stereocenters. The third-order valence-corrected chi connectivity index (χ3v) is 8.64. The first-order valence-electron chi connectivity index (χ1n) is 14.1. The van der Waals surface area contributed by atoms with E-state index in [1.54, 1.807) is 6.20 Å². The van der Waals surface area contributed by atoms with E-state index >= 15 is 0 Å². The van der Waals surface area contributed by atoms with Crippen molar-refractivity contribution >= 4 is 22.5 Å². The number of hydrogen-bond donors (Lipinski definition) is 0. The molecule has 7 nitrogen and oxygen atoms in total. The number of ether oxygens (including phenoxy) is 1. The quantitative estimate of drug-likeness (QED) is 0.606. The fourth-order valence-electron chi connectivity index (χ4n) is 6.72. The largest absolute Gasteiger partial charge is 0.370 e. The first kappa shape index (κ1) is 25.9. The fourth-order valence-corrected chi connectivity index (χ4v) is 6.72. The fraction of sp³-hybridized carbons (Fsp3) is 0.633. The maximum atomic E-state index is 12.3. The summed E-state index contributed by atoms with van der Waals surface area (Å²) in [5, 5.41) is 10.6. The van der Waals surface area contributed by atoms with Crippen LogP contribution in [-0.4, -0.2) is 78.7 Å². The van der Waals surface area contributed by atoms with Gasteiger partial charge in [0.15, 0.2) is 0 Å². The molecule has 3 aliphatic heterocycles. The molecular formula is C30H41N5O2. The van der Waals surface area contributed by atoms with E-state index in [9.17, 15) is 10.1 Å². The van der Waals surface area contributed by atoms with Gasteiger partial charge in [-0.05, 0) is 81.8 Å². The third kappa shape index (κ3) is 5.76. The van der Waals surface area contributed by atoms with Crippen molar-refractivity contribution in [3.05, 3.63) is 36.0 Å². The molecule has 3 fully saturated rings. The molecule has 37 heavy (non-hydrogen) atoms. The Kier molecular flexibility index (Phi) is 7.97. The van der Waals surface area contributed by atoms with Crippen LogP contribution in [0.5, 0.6) is 0 Å². The number of nitrogens with zero attached hydrogens (tertiary/aromatic N) is 5. The molecule has 1 aromatic carbocycles. The number of carbonyl (C=O) groups excluding carboxylic acids is 1. The highest BCUT2D eigenvalue weighted by atomic mass is 16.5. The van der Waals surface area contributed by atoms with Gasteiger partial charge in [-0.2, -0.15) is 5.26 Å². The zero-order chi connectivity index (χ0) is 25.9. The summed E-state index contributed by atoms with van der Waals surface area (Å²) in [7, 11) is 0. The number of pyridine rings is 1. The number of hydrogen-bond acceptors (Lipinski definition) is 6. The first-order valence-corrected chi connectivity index (χ1v) is 14.1. The lowest BCUT2D eigenvalue weighted by Crippen LogP contribution is -2.52. The molecule has 0 aliphatic carbocycles. The second kappa shape index (κ2) is 11.4. The Balaban J connectivity index is 1.16. The zero-order valence-corrected chi connectivity index (χ0v) is 22.6. The Morgan fingerprint density at radius 2 is 1.78 bits per heavy atom. The van der Waals surface area contributed by atoms with Crippen molar-refractivity contribution in [1.82, 2.24) is 14.8 Å². The second-order valence-corrected chi connectivity index (χ2v) is 11.6. The van der Waals surface area contributed by atoms with E-state index in [0.29, 0.717) is 11.5 Å². The van der Waals surface area contributed by atoms with Crippen LogP contribution in [0.25, 0.3) is 10.9 Å². The summed E-state index contributed by atoms with van der Waals surface area (Å²) < 4.78 is 6.41. The van der Waals surface area contributed by atoms with Crippen LogP contribution < -0.4 is 4.90 Å². The van der Waals surface area contributed by atoms with Crippen LogP contribution in [0.4, 0.5) is 5.69 Å². The molecule has 7 heteroatoms. The molecule has 1 amide bonds. The molecule has 0 saturated carbocycles. The molecule has 0 unspecified atom stereocenters. The minimum atomic E-state index is 0.104. The first-order chi connectivity index (χ1) is 17.9. The maximum Gasteiger partial charge on any atom is 0.225 e. The van der Waals surface area contributed by atoms with E-state index in [0.717, 1.165) is 87.1 Å². The summed E-state index contributed by atoms with van der Waals surface area (Å²) in [6.45, 7) is 13.0. The molecule has 2 aromatic rings. The lowest BCUT2D eigenvalue weighted by Gasteiger charge is -2.43. The molecule has 3 saturated heterocycles. The number of fused-ring (bicyclic) bond motifs is 1. The standard InChI is InChI=1S/C30H41N5O2/c1-21(2)30(36)34-15-10-24(11-16-34)23-8-13-33(14-9-23)19-26-20-35(18-22(3)37-26)28-7-6-25(17-31)29-27(28)5-4-12-32-29/h4-7,12,21-24,26H,8-11,13-16,18-20H2,1-3H3/t22-,26+/m1/s1. The number of likely N-dealkylation sites (tertiary alicyclic amines) is 2. The third-order valence-electron chi connectivity index (χ3n) is 8.64. The summed E-state index contributed by atoms with van der Waals surface area (Å²) >= 11 is 0. The molecule has 0 bridgehead atoms. The van der Waals surface area contributed by atoms with Crippen LogP contribution >= 0.6 is 0 Å². The SMILES string of the molecule is CC(C)C(=O)N1CCC(C2CCN(C[C@H]3CN(c4ccc(C#N)c5ncccc45)C[C@@H](C)O3)CC2)CC1. The second-order valence-electron chi connectivity index (χ2n) is 11.6. The van der Waals surface area contributed by atoms with Gasteiger partial charge in [-0.3, -0.25) is 9.78 Å². The Labute approximate surface area is 221 Å². The molecule has 5 rings (SSSR count). The van der Waals surface area contributed by atoms with E-state index in [4.69, 9.17) is 4.74 Å². The van der Waals surface area contributed by atoms with Gasteiger partial charge in [-0.15, -0.1) is 0 Å². The molecule has 0 spiro atoms. The van der Waals surface area contributed by atoms with Crippen molar-refractivity contribution in [1.29, 1.82) is 5.26 Å². The molecular weight excluding hydrogens is 462 g/mol. The van der Waals surface area contributed by atoms with Gasteiger partial charge in [-0.1, -0.05) is 13.8 Å². The van der Waals surface area contributed by atoms with E-state index in [1.165, 1.54) is 12.8 Å². The topological polar surface area (TPSA) is 72.7 Å². The molecule has 0 N–H and O–H groups in total. The Bertz CT molecular complexity index is 1130. The van der Waals surface area contributed by atoms with Gasteiger partial charge in [-0.25, -0.2) is 0 Å². The van der Waals surface area contributed by atoms with E-state index in [1.807, 2.05) is 26.0 Å². The lowest BCUT2D eigenvalue weighted by atomic mass is 9.78. The number of nitriles is 1. The van der Waals surface area contributed by atoms with Crippen LogP contribution in [0.2, 0.25) is 0 Å². The van der Waals surface area contributed by atoms with Gasteiger partial charge in [0, 0.05) is 55.9 Å². The normalized spacial score (nSPS) is 24.5. The van der Waals surface area contributed by atoms with Crippen molar-refractivity contribution < 1.29 is 9.53 Å². The van der Waals surface area contributed by atoms with Crippen LogP contribution in [0.1, 0.15) is 52.0 Å². The van der Waals surface area contributed by atoms with Gasteiger partial charge in [0.2, 0.25) is 5.91 Å². The smallest absolute Gasteiger partial charge is 0.225 e. The number of anilines is 1. The average Bonchev–Trinajstić information content (AvgIpc) is 2.92. The number of carbonyl (C=O) groups is 1. The van der Waals surface area contributed by atoms with Crippen LogP contribution in [-0.2, 0) is 9.53 Å². The number of morpholine rings is 1. The number of rotatable bonds is 5. The predicted octanol–water partition coefficient (Wildman–Crippen LogP) is 4.31. The molecule has 198 valence electrons. The van der Waals surface area contributed by atoms with Gasteiger partial charge in [0.05, 0.1) is 23.3 Å². The lowest BCUT2D eigenvalue weighted by molar-refractivity contribution is -0.136. The Morgan fingerprint density at radius 3 is 2.46 bits per heavy atom. The van der Waals surface area contributed by atoms with Crippen molar-refractivity contribution in [2.24, 2.45) is 17.8 Å². The number of piperidine rings is 2. The minimum Gasteiger partial charge on any atom is -0.370 e. The average molecular weight is 504 g/mol. The van der Waals surface area contributed by atoms with Crippen LogP contribution in [0.3, 0.4) is 0 Å². The summed E-state index contributed by atoms with van der Waals surface area (Å²) in [6, 6.07) is 10.3. The van der Waals surface area contributed by atoms with Crippen LogP contribution in [0.15, 0.2) is 30.5 Å². The number of amides is 1. The molecule has 3 aliphatic rings. The van der Waals surface area contributed by atoms with Crippen molar-refractivity contribution in [3.8, 4) is 6.07 Å². The Hall–Kier alpha value is -2.69. The molecule has 1 aromatic heterocycles. The van der Waals surface area contributed by atoms with Crippen molar-refractivity contribution in [2.75, 3.05) is 50.7 Å². The van der Waals surface area contributed by atoms with Gasteiger partial charge < -0.3 is 19.4 Å². The zero-order valence-electron chi connectivity index (χ0n) is 22.6. The van der Waals surface area contributed by atoms with Gasteiger partial charge in [0.1, 0.15) is 6.07 Å². The predicted molar refractivity (Wildman–Crippen MR) is 146 cm³/mol. The summed E-state index contributed by atoms with van der Waals surface area (Å²) in [6.07, 6.45) is 6.89. The summed E-state index contributed by atoms with van der Waals surface area (Å²) in [5.74, 6) is 1.97. The highest BCUT2D eigenvalue weighted by molar-refractivity contribution is 5.95. The Morgan fingerprint density at radius 1 is 1.08 bits per heavy atom. The van der Waals surface area contributed by atoms with Crippen LogP contribution in [0, 0.1) is 29.1 Å². The van der Waals surface area contributed by atoms with E-state index in [-0.39, 0.29) is 18.1 Å². The number of aromatic nitrogens is 1. The maximum absolute atomic E-state index is 12.3. The van der Waals surface area contributed by atoms with E-state index < -0.39 is 0 Å². The molecule has 0 radical (unpaired) electrons. The van der Waals surface area contributed by atoms with Gasteiger partial charge >= 0.3 is 0 Å². The highest BCUT2D eigenvalue weighted by Crippen LogP contribution is 2.34. The monoisotopic (exact) mass is 503 g/mol. The highest BCUT2D eigenvalue weighted by Gasteiger charge is 2.33. The van der Waals surface area contributed by atoms with Crippen molar-refractivity contribution in [2.45, 2.75) is 58.7 Å². The molecule has 4 heterocycles.